The first kappa shape index (κ1) is 22.1. The van der Waals surface area contributed by atoms with Crippen molar-refractivity contribution in [2.24, 2.45) is 5.92 Å². The van der Waals surface area contributed by atoms with Gasteiger partial charge in [0.2, 0.25) is 21.8 Å². The van der Waals surface area contributed by atoms with Crippen molar-refractivity contribution in [2.75, 3.05) is 5.32 Å². The summed E-state index contributed by atoms with van der Waals surface area (Å²) in [6, 6.07) is 4.83. The summed E-state index contributed by atoms with van der Waals surface area (Å²) in [6.45, 7) is 9.01. The molecule has 0 aliphatic rings. The number of anilines is 1. The minimum Gasteiger partial charge on any atom is -0.352 e. The second-order valence-corrected chi connectivity index (χ2v) is 8.64. The lowest BCUT2D eigenvalue weighted by atomic mass is 10.0. The molecule has 0 aliphatic carbocycles. The molecule has 0 radical (unpaired) electrons. The van der Waals surface area contributed by atoms with E-state index in [0.29, 0.717) is 11.6 Å². The van der Waals surface area contributed by atoms with E-state index in [-0.39, 0.29) is 22.8 Å². The van der Waals surface area contributed by atoms with Gasteiger partial charge in [-0.05, 0) is 56.9 Å². The molecule has 8 heteroatoms. The summed E-state index contributed by atoms with van der Waals surface area (Å²) < 4.78 is 27.2. The first-order chi connectivity index (χ1) is 12.0. The quantitative estimate of drug-likeness (QED) is 0.608. The third kappa shape index (κ3) is 7.53. The van der Waals surface area contributed by atoms with Crippen molar-refractivity contribution in [3.8, 4) is 0 Å². The Labute approximate surface area is 156 Å². The van der Waals surface area contributed by atoms with E-state index in [1.54, 1.807) is 0 Å². The van der Waals surface area contributed by atoms with E-state index in [4.69, 9.17) is 0 Å². The lowest BCUT2D eigenvalue weighted by molar-refractivity contribution is -0.123. The fourth-order valence-corrected chi connectivity index (χ4v) is 3.50. The summed E-state index contributed by atoms with van der Waals surface area (Å²) in [5.41, 5.74) is 0.501. The molecule has 0 bridgehead atoms. The van der Waals surface area contributed by atoms with Crippen molar-refractivity contribution in [2.45, 2.75) is 64.4 Å². The van der Waals surface area contributed by atoms with Gasteiger partial charge in [0.15, 0.2) is 0 Å². The molecule has 146 valence electrons. The van der Waals surface area contributed by atoms with Crippen LogP contribution in [0.25, 0.3) is 0 Å². The smallest absolute Gasteiger partial charge is 0.241 e. The van der Waals surface area contributed by atoms with Crippen molar-refractivity contribution in [1.82, 2.24) is 10.0 Å². The highest BCUT2D eigenvalue weighted by molar-refractivity contribution is 7.89. The summed E-state index contributed by atoms with van der Waals surface area (Å²) in [4.78, 5) is 23.2. The monoisotopic (exact) mass is 383 g/mol. The Morgan fingerprint density at radius 3 is 2.08 bits per heavy atom. The molecule has 0 saturated heterocycles. The first-order valence-electron chi connectivity index (χ1n) is 8.71. The van der Waals surface area contributed by atoms with Gasteiger partial charge in [0.05, 0.1) is 10.9 Å². The Balaban J connectivity index is 2.67. The standard InChI is InChI=1S/C18H29N3O4S/c1-12(2)6-7-13(3)19-18(23)14(4)21-26(24,25)17-10-8-16(9-11-17)20-15(5)22/h8-14,21H,6-7H2,1-5H3,(H,19,23)(H,20,22). The summed E-state index contributed by atoms with van der Waals surface area (Å²) in [6.07, 6.45) is 1.83. The molecule has 0 fully saturated rings. The number of hydrogen-bond donors (Lipinski definition) is 3. The Kier molecular flexibility index (Phi) is 8.23. The van der Waals surface area contributed by atoms with Gasteiger partial charge >= 0.3 is 0 Å². The molecule has 0 heterocycles. The number of amides is 2. The van der Waals surface area contributed by atoms with Crippen molar-refractivity contribution >= 4 is 27.5 Å². The number of hydrogen-bond acceptors (Lipinski definition) is 4. The van der Waals surface area contributed by atoms with Crippen LogP contribution in [0.1, 0.15) is 47.5 Å². The van der Waals surface area contributed by atoms with Crippen LogP contribution in [0.2, 0.25) is 0 Å². The van der Waals surface area contributed by atoms with E-state index in [1.807, 2.05) is 6.92 Å². The Morgan fingerprint density at radius 2 is 1.58 bits per heavy atom. The zero-order chi connectivity index (χ0) is 19.9. The van der Waals surface area contributed by atoms with Gasteiger partial charge in [-0.2, -0.15) is 4.72 Å². The summed E-state index contributed by atoms with van der Waals surface area (Å²) in [5.74, 6) is -0.0546. The molecule has 0 saturated carbocycles. The average molecular weight is 384 g/mol. The Morgan fingerprint density at radius 1 is 1.00 bits per heavy atom. The fraction of sp³-hybridized carbons (Fsp3) is 0.556. The average Bonchev–Trinajstić information content (AvgIpc) is 2.52. The van der Waals surface area contributed by atoms with Crippen LogP contribution in [0.3, 0.4) is 0 Å². The number of rotatable bonds is 9. The van der Waals surface area contributed by atoms with E-state index < -0.39 is 16.1 Å². The predicted octanol–water partition coefficient (Wildman–Crippen LogP) is 2.25. The molecule has 3 N–H and O–H groups in total. The first-order valence-corrected chi connectivity index (χ1v) is 10.2. The zero-order valence-corrected chi connectivity index (χ0v) is 16.8. The second-order valence-electron chi connectivity index (χ2n) is 6.93. The molecule has 1 rings (SSSR count). The minimum atomic E-state index is -3.83. The van der Waals surface area contributed by atoms with E-state index >= 15 is 0 Å². The lowest BCUT2D eigenvalue weighted by Crippen LogP contribution is -2.47. The van der Waals surface area contributed by atoms with Crippen LogP contribution in [0.15, 0.2) is 29.2 Å². The van der Waals surface area contributed by atoms with Crippen LogP contribution in [-0.4, -0.2) is 32.3 Å². The van der Waals surface area contributed by atoms with Gasteiger partial charge in [-0.25, -0.2) is 8.42 Å². The van der Waals surface area contributed by atoms with Gasteiger partial charge in [-0.3, -0.25) is 9.59 Å². The van der Waals surface area contributed by atoms with Crippen molar-refractivity contribution in [3.63, 3.8) is 0 Å². The Bertz CT molecular complexity index is 714. The largest absolute Gasteiger partial charge is 0.352 e. The van der Waals surface area contributed by atoms with E-state index in [2.05, 4.69) is 29.2 Å². The SMILES string of the molecule is CC(=O)Nc1ccc(S(=O)(=O)NC(C)C(=O)NC(C)CCC(C)C)cc1. The number of carbonyl (C=O) groups is 2. The zero-order valence-electron chi connectivity index (χ0n) is 16.0. The second kappa shape index (κ2) is 9.68. The van der Waals surface area contributed by atoms with Gasteiger partial charge in [0.25, 0.3) is 0 Å². The van der Waals surface area contributed by atoms with Crippen LogP contribution < -0.4 is 15.4 Å². The third-order valence-electron chi connectivity index (χ3n) is 3.78. The topological polar surface area (TPSA) is 104 Å². The van der Waals surface area contributed by atoms with Crippen LogP contribution in [-0.2, 0) is 19.6 Å². The molecule has 2 amide bonds. The highest BCUT2D eigenvalue weighted by Crippen LogP contribution is 2.14. The van der Waals surface area contributed by atoms with E-state index in [9.17, 15) is 18.0 Å². The summed E-state index contributed by atoms with van der Waals surface area (Å²) in [5, 5.41) is 5.39. The molecule has 1 aromatic rings. The van der Waals surface area contributed by atoms with Crippen molar-refractivity contribution in [1.29, 1.82) is 0 Å². The number of benzene rings is 1. The van der Waals surface area contributed by atoms with E-state index in [1.165, 1.54) is 38.1 Å². The van der Waals surface area contributed by atoms with E-state index in [0.717, 1.165) is 12.8 Å². The molecule has 0 aliphatic heterocycles. The predicted molar refractivity (Wildman–Crippen MR) is 102 cm³/mol. The normalized spacial score (nSPS) is 13.9. The molecule has 0 spiro atoms. The molecule has 2 unspecified atom stereocenters. The van der Waals surface area contributed by atoms with Crippen molar-refractivity contribution < 1.29 is 18.0 Å². The van der Waals surface area contributed by atoms with Crippen molar-refractivity contribution in [3.05, 3.63) is 24.3 Å². The fourth-order valence-electron chi connectivity index (χ4n) is 2.30. The molecular weight excluding hydrogens is 354 g/mol. The van der Waals surface area contributed by atoms with Crippen LogP contribution in [0.4, 0.5) is 5.69 Å². The maximum Gasteiger partial charge on any atom is 0.241 e. The number of sulfonamides is 1. The van der Waals surface area contributed by atoms with Gasteiger partial charge in [-0.1, -0.05) is 13.8 Å². The Hall–Kier alpha value is -1.93. The molecular formula is C18H29N3O4S. The molecule has 1 aromatic carbocycles. The van der Waals surface area contributed by atoms with Crippen LogP contribution in [0, 0.1) is 5.92 Å². The maximum atomic E-state index is 12.4. The highest BCUT2D eigenvalue weighted by atomic mass is 32.2. The lowest BCUT2D eigenvalue weighted by Gasteiger charge is -2.19. The van der Waals surface area contributed by atoms with Gasteiger partial charge in [-0.15, -0.1) is 0 Å². The third-order valence-corrected chi connectivity index (χ3v) is 5.33. The van der Waals surface area contributed by atoms with Crippen LogP contribution >= 0.6 is 0 Å². The van der Waals surface area contributed by atoms with Gasteiger partial charge in [0.1, 0.15) is 0 Å². The molecule has 26 heavy (non-hydrogen) atoms. The molecule has 7 nitrogen and oxygen atoms in total. The minimum absolute atomic E-state index is 0.0196. The number of carbonyl (C=O) groups excluding carboxylic acids is 2. The molecule has 2 atom stereocenters. The van der Waals surface area contributed by atoms with Gasteiger partial charge in [0, 0.05) is 18.7 Å². The maximum absolute atomic E-state index is 12.4. The summed E-state index contributed by atoms with van der Waals surface area (Å²) in [7, 11) is -3.83. The summed E-state index contributed by atoms with van der Waals surface area (Å²) >= 11 is 0. The number of nitrogens with one attached hydrogen (secondary N) is 3. The van der Waals surface area contributed by atoms with Crippen LogP contribution in [0.5, 0.6) is 0 Å². The van der Waals surface area contributed by atoms with Gasteiger partial charge < -0.3 is 10.6 Å². The highest BCUT2D eigenvalue weighted by Gasteiger charge is 2.23. The molecule has 0 aromatic heterocycles.